The summed E-state index contributed by atoms with van der Waals surface area (Å²) in [5.74, 6) is 0.400. The molecule has 2 amide bonds. The molecule has 0 fully saturated rings. The number of carbonyl (C=O) groups is 2. The maximum atomic E-state index is 13.6. The van der Waals surface area contributed by atoms with Gasteiger partial charge in [-0.15, -0.1) is 0 Å². The molecule has 0 aliphatic carbocycles. The molecule has 4 rings (SSSR count). The van der Waals surface area contributed by atoms with Crippen LogP contribution < -0.4 is 19.7 Å². The fourth-order valence-corrected chi connectivity index (χ4v) is 3.84. The van der Waals surface area contributed by atoms with Gasteiger partial charge in [-0.05, 0) is 61.4 Å². The second kappa shape index (κ2) is 8.59. The van der Waals surface area contributed by atoms with E-state index >= 15 is 0 Å². The van der Waals surface area contributed by atoms with Gasteiger partial charge in [0.1, 0.15) is 17.2 Å². The van der Waals surface area contributed by atoms with Gasteiger partial charge in [-0.3, -0.25) is 9.59 Å². The standard InChI is InChI=1S/C26H24N2O4/c1-16-9-14-20(17(2)15-16)23-24(27-21-7-5-6-8-22(21)32-4)26(30)28(25(23)29)18-10-12-19(31-3)13-11-18/h5-15,27H,1-4H3. The Labute approximate surface area is 187 Å². The van der Waals surface area contributed by atoms with Crippen molar-refractivity contribution >= 4 is 28.8 Å². The summed E-state index contributed by atoms with van der Waals surface area (Å²) in [5.41, 5.74) is 4.32. The van der Waals surface area contributed by atoms with Gasteiger partial charge < -0.3 is 14.8 Å². The molecule has 162 valence electrons. The van der Waals surface area contributed by atoms with Crippen LogP contribution >= 0.6 is 0 Å². The molecule has 3 aromatic carbocycles. The minimum absolute atomic E-state index is 0.210. The molecule has 6 nitrogen and oxygen atoms in total. The smallest absolute Gasteiger partial charge is 0.282 e. The first-order chi connectivity index (χ1) is 15.4. The molecule has 0 spiro atoms. The van der Waals surface area contributed by atoms with E-state index in [1.54, 1.807) is 50.6 Å². The summed E-state index contributed by atoms with van der Waals surface area (Å²) in [6, 6.07) is 19.9. The lowest BCUT2D eigenvalue weighted by Crippen LogP contribution is -2.32. The van der Waals surface area contributed by atoms with Crippen molar-refractivity contribution < 1.29 is 19.1 Å². The zero-order valence-corrected chi connectivity index (χ0v) is 18.4. The molecule has 0 atom stereocenters. The summed E-state index contributed by atoms with van der Waals surface area (Å²) in [4.78, 5) is 28.3. The zero-order chi connectivity index (χ0) is 22.8. The Balaban J connectivity index is 1.85. The lowest BCUT2D eigenvalue weighted by molar-refractivity contribution is -0.120. The van der Waals surface area contributed by atoms with E-state index in [1.165, 1.54) is 4.90 Å². The molecule has 0 unspecified atom stereocenters. The van der Waals surface area contributed by atoms with Crippen LogP contribution in [0.15, 0.2) is 72.4 Å². The van der Waals surface area contributed by atoms with E-state index in [0.717, 1.165) is 11.1 Å². The molecule has 1 heterocycles. The van der Waals surface area contributed by atoms with Gasteiger partial charge in [0, 0.05) is 0 Å². The first-order valence-electron chi connectivity index (χ1n) is 10.2. The highest BCUT2D eigenvalue weighted by molar-refractivity contribution is 6.46. The fourth-order valence-electron chi connectivity index (χ4n) is 3.84. The topological polar surface area (TPSA) is 67.9 Å². The monoisotopic (exact) mass is 428 g/mol. The van der Waals surface area contributed by atoms with Crippen molar-refractivity contribution in [2.45, 2.75) is 13.8 Å². The van der Waals surface area contributed by atoms with Crippen molar-refractivity contribution in [3.63, 3.8) is 0 Å². The molecule has 1 aliphatic rings. The number of hydrogen-bond donors (Lipinski definition) is 1. The van der Waals surface area contributed by atoms with E-state index in [-0.39, 0.29) is 11.6 Å². The predicted octanol–water partition coefficient (Wildman–Crippen LogP) is 4.72. The van der Waals surface area contributed by atoms with Crippen LogP contribution in [0.5, 0.6) is 11.5 Å². The average Bonchev–Trinajstić information content (AvgIpc) is 3.03. The SMILES string of the molecule is COc1ccc(N2C(=O)C(Nc3ccccc3OC)=C(c3ccc(C)cc3C)C2=O)cc1. The molecule has 0 radical (unpaired) electrons. The first-order valence-corrected chi connectivity index (χ1v) is 10.2. The average molecular weight is 428 g/mol. The van der Waals surface area contributed by atoms with Crippen molar-refractivity contribution in [3.8, 4) is 11.5 Å². The number of hydrogen-bond acceptors (Lipinski definition) is 5. The van der Waals surface area contributed by atoms with E-state index in [2.05, 4.69) is 5.32 Å². The van der Waals surface area contributed by atoms with E-state index in [0.29, 0.717) is 34.0 Å². The predicted molar refractivity (Wildman–Crippen MR) is 125 cm³/mol. The van der Waals surface area contributed by atoms with Crippen LogP contribution in [-0.4, -0.2) is 26.0 Å². The lowest BCUT2D eigenvalue weighted by Gasteiger charge is -2.16. The number of methoxy groups -OCH3 is 2. The number of imide groups is 1. The summed E-state index contributed by atoms with van der Waals surface area (Å²) in [6.45, 7) is 3.92. The van der Waals surface area contributed by atoms with E-state index < -0.39 is 5.91 Å². The number of para-hydroxylation sites is 2. The van der Waals surface area contributed by atoms with Gasteiger partial charge in [-0.25, -0.2) is 4.90 Å². The van der Waals surface area contributed by atoms with Crippen LogP contribution in [0, 0.1) is 13.8 Å². The van der Waals surface area contributed by atoms with Crippen LogP contribution in [0.25, 0.3) is 5.57 Å². The van der Waals surface area contributed by atoms with Crippen molar-refractivity contribution in [2.24, 2.45) is 0 Å². The van der Waals surface area contributed by atoms with Gasteiger partial charge in [0.25, 0.3) is 11.8 Å². The molecular weight excluding hydrogens is 404 g/mol. The number of benzene rings is 3. The first kappa shape index (κ1) is 21.2. The van der Waals surface area contributed by atoms with Crippen LogP contribution in [0.1, 0.15) is 16.7 Å². The molecule has 6 heteroatoms. The van der Waals surface area contributed by atoms with Crippen molar-refractivity contribution in [1.82, 2.24) is 0 Å². The third kappa shape index (κ3) is 3.71. The normalized spacial score (nSPS) is 13.6. The van der Waals surface area contributed by atoms with Crippen LogP contribution in [0.3, 0.4) is 0 Å². The number of nitrogens with zero attached hydrogens (tertiary/aromatic N) is 1. The van der Waals surface area contributed by atoms with Gasteiger partial charge in [-0.1, -0.05) is 35.9 Å². The van der Waals surface area contributed by atoms with Gasteiger partial charge in [0.15, 0.2) is 0 Å². The molecule has 0 saturated carbocycles. The quantitative estimate of drug-likeness (QED) is 0.576. The maximum absolute atomic E-state index is 13.6. The van der Waals surface area contributed by atoms with Crippen LogP contribution in [0.4, 0.5) is 11.4 Å². The summed E-state index contributed by atoms with van der Waals surface area (Å²) >= 11 is 0. The molecular formula is C26H24N2O4. The summed E-state index contributed by atoms with van der Waals surface area (Å²) in [5, 5.41) is 3.17. The van der Waals surface area contributed by atoms with Crippen LogP contribution in [0.2, 0.25) is 0 Å². The third-order valence-corrected chi connectivity index (χ3v) is 5.43. The summed E-state index contributed by atoms with van der Waals surface area (Å²) in [6.07, 6.45) is 0. The van der Waals surface area contributed by atoms with Crippen molar-refractivity contribution in [2.75, 3.05) is 24.4 Å². The van der Waals surface area contributed by atoms with Crippen molar-refractivity contribution in [1.29, 1.82) is 0 Å². The van der Waals surface area contributed by atoms with E-state index in [9.17, 15) is 9.59 Å². The third-order valence-electron chi connectivity index (χ3n) is 5.43. The van der Waals surface area contributed by atoms with Crippen LogP contribution in [-0.2, 0) is 9.59 Å². The number of amides is 2. The number of rotatable bonds is 6. The Morgan fingerprint density at radius 3 is 2.19 bits per heavy atom. The second-order valence-corrected chi connectivity index (χ2v) is 7.54. The molecule has 0 saturated heterocycles. The Morgan fingerprint density at radius 2 is 1.53 bits per heavy atom. The summed E-state index contributed by atoms with van der Waals surface area (Å²) < 4.78 is 10.6. The number of aryl methyl sites for hydroxylation is 2. The Hall–Kier alpha value is -4.06. The van der Waals surface area contributed by atoms with Gasteiger partial charge >= 0.3 is 0 Å². The molecule has 0 aromatic heterocycles. The molecule has 1 aliphatic heterocycles. The Bertz CT molecular complexity index is 1230. The number of ether oxygens (including phenoxy) is 2. The van der Waals surface area contributed by atoms with Gasteiger partial charge in [0.2, 0.25) is 0 Å². The number of anilines is 2. The molecule has 3 aromatic rings. The highest BCUT2D eigenvalue weighted by Gasteiger charge is 2.41. The zero-order valence-electron chi connectivity index (χ0n) is 18.4. The highest BCUT2D eigenvalue weighted by Crippen LogP contribution is 2.37. The number of nitrogens with one attached hydrogen (secondary N) is 1. The van der Waals surface area contributed by atoms with Crippen molar-refractivity contribution in [3.05, 3.63) is 89.1 Å². The minimum atomic E-state index is -0.430. The Kier molecular flexibility index (Phi) is 5.69. The largest absolute Gasteiger partial charge is 0.497 e. The Morgan fingerprint density at radius 1 is 0.812 bits per heavy atom. The molecule has 0 bridgehead atoms. The van der Waals surface area contributed by atoms with Gasteiger partial charge in [-0.2, -0.15) is 0 Å². The van der Waals surface area contributed by atoms with E-state index in [4.69, 9.17) is 9.47 Å². The minimum Gasteiger partial charge on any atom is -0.497 e. The summed E-state index contributed by atoms with van der Waals surface area (Å²) in [7, 11) is 3.13. The number of carbonyl (C=O) groups excluding carboxylic acids is 2. The molecule has 32 heavy (non-hydrogen) atoms. The highest BCUT2D eigenvalue weighted by atomic mass is 16.5. The van der Waals surface area contributed by atoms with Gasteiger partial charge in [0.05, 0.1) is 31.2 Å². The fraction of sp³-hybridized carbons (Fsp3) is 0.154. The van der Waals surface area contributed by atoms with E-state index in [1.807, 2.05) is 44.2 Å². The molecule has 1 N–H and O–H groups in total. The maximum Gasteiger partial charge on any atom is 0.282 e. The lowest BCUT2D eigenvalue weighted by atomic mass is 9.97. The second-order valence-electron chi connectivity index (χ2n) is 7.54.